The molecule has 1 aliphatic heterocycles. The molecule has 102 valence electrons. The second-order valence-corrected chi connectivity index (χ2v) is 5.51. The first-order valence-corrected chi connectivity index (χ1v) is 6.37. The highest BCUT2D eigenvalue weighted by Gasteiger charge is 2.38. The number of likely N-dealkylation sites (N-methyl/N-ethyl adjacent to an activating group) is 1. The Morgan fingerprint density at radius 1 is 1.47 bits per heavy atom. The lowest BCUT2D eigenvalue weighted by atomic mass is 9.83. The molecule has 19 heavy (non-hydrogen) atoms. The minimum Gasteiger partial charge on any atom is -0.481 e. The van der Waals surface area contributed by atoms with Crippen LogP contribution in [0.2, 0.25) is 0 Å². The molecule has 1 aliphatic rings. The monoisotopic (exact) mass is 260 g/mol. The molecule has 1 atom stereocenters. The number of nitrogens with zero attached hydrogens (tertiary/aromatic N) is 1. The highest BCUT2D eigenvalue weighted by atomic mass is 16.4. The van der Waals surface area contributed by atoms with Crippen LogP contribution in [0.25, 0.3) is 0 Å². The zero-order chi connectivity index (χ0) is 14.2. The fraction of sp³-hybridized carbons (Fsp3) is 0.400. The Balaban J connectivity index is 2.39. The number of anilines is 1. The lowest BCUT2D eigenvalue weighted by molar-refractivity contribution is -0.137. The number of fused-ring (bicyclic) bond motifs is 1. The molecule has 4 nitrogen and oxygen atoms in total. The quantitative estimate of drug-likeness (QED) is 0.873. The maximum Gasteiger partial charge on any atom is 0.305 e. The zero-order valence-electron chi connectivity index (χ0n) is 11.6. The Hall–Kier alpha value is -1.81. The summed E-state index contributed by atoms with van der Waals surface area (Å²) < 4.78 is 0. The van der Waals surface area contributed by atoms with Crippen LogP contribution < -0.4 is 10.6 Å². The molecule has 0 amide bonds. The SMILES string of the molecule is CN1/C(=C/C(N)CC(=O)O)C(C)(C)c2ccccc21. The predicted molar refractivity (Wildman–Crippen MR) is 76.2 cm³/mol. The summed E-state index contributed by atoms with van der Waals surface area (Å²) in [5, 5.41) is 8.80. The van der Waals surface area contributed by atoms with Crippen molar-refractivity contribution < 1.29 is 9.90 Å². The van der Waals surface area contributed by atoms with Crippen LogP contribution in [0.15, 0.2) is 36.0 Å². The summed E-state index contributed by atoms with van der Waals surface area (Å²) in [5.74, 6) is -0.875. The molecule has 0 aliphatic carbocycles. The molecule has 1 aromatic carbocycles. The molecule has 0 aromatic heterocycles. The van der Waals surface area contributed by atoms with Crippen LogP contribution in [0.3, 0.4) is 0 Å². The number of carboxylic acid groups (broad SMARTS) is 1. The molecule has 1 unspecified atom stereocenters. The summed E-state index contributed by atoms with van der Waals surface area (Å²) in [7, 11) is 1.99. The van der Waals surface area contributed by atoms with E-state index in [0.29, 0.717) is 0 Å². The number of carbonyl (C=O) groups is 1. The van der Waals surface area contributed by atoms with Gasteiger partial charge in [-0.1, -0.05) is 32.0 Å². The van der Waals surface area contributed by atoms with Crippen LogP contribution in [0.4, 0.5) is 5.69 Å². The van der Waals surface area contributed by atoms with Gasteiger partial charge in [0.15, 0.2) is 0 Å². The van der Waals surface area contributed by atoms with Crippen LogP contribution >= 0.6 is 0 Å². The number of hydrogen-bond acceptors (Lipinski definition) is 3. The molecular weight excluding hydrogens is 240 g/mol. The van der Waals surface area contributed by atoms with Gasteiger partial charge in [0, 0.05) is 29.9 Å². The summed E-state index contributed by atoms with van der Waals surface area (Å²) in [5.41, 5.74) is 9.19. The molecule has 0 spiro atoms. The van der Waals surface area contributed by atoms with Crippen molar-refractivity contribution in [1.29, 1.82) is 0 Å². The lowest BCUT2D eigenvalue weighted by Gasteiger charge is -2.25. The number of rotatable bonds is 3. The Labute approximate surface area is 113 Å². The van der Waals surface area contributed by atoms with Gasteiger partial charge in [0.2, 0.25) is 0 Å². The van der Waals surface area contributed by atoms with Crippen LogP contribution in [0, 0.1) is 0 Å². The van der Waals surface area contributed by atoms with Crippen molar-refractivity contribution in [3.05, 3.63) is 41.6 Å². The second-order valence-electron chi connectivity index (χ2n) is 5.51. The minimum atomic E-state index is -0.875. The zero-order valence-corrected chi connectivity index (χ0v) is 11.6. The topological polar surface area (TPSA) is 66.6 Å². The summed E-state index contributed by atoms with van der Waals surface area (Å²) in [4.78, 5) is 12.8. The summed E-state index contributed by atoms with van der Waals surface area (Å²) in [6.45, 7) is 4.27. The first-order chi connectivity index (χ1) is 8.84. The van der Waals surface area contributed by atoms with Crippen molar-refractivity contribution in [2.75, 3.05) is 11.9 Å². The lowest BCUT2D eigenvalue weighted by Crippen LogP contribution is -2.28. The molecule has 0 radical (unpaired) electrons. The summed E-state index contributed by atoms with van der Waals surface area (Å²) in [6, 6.07) is 7.74. The van der Waals surface area contributed by atoms with Crippen molar-refractivity contribution in [2.24, 2.45) is 5.73 Å². The van der Waals surface area contributed by atoms with Crippen LogP contribution in [-0.4, -0.2) is 24.2 Å². The molecule has 1 heterocycles. The third kappa shape index (κ3) is 2.36. The van der Waals surface area contributed by atoms with Gasteiger partial charge in [0.25, 0.3) is 0 Å². The van der Waals surface area contributed by atoms with Crippen molar-refractivity contribution >= 4 is 11.7 Å². The average Bonchev–Trinajstić information content (AvgIpc) is 2.51. The van der Waals surface area contributed by atoms with Gasteiger partial charge in [-0.25, -0.2) is 0 Å². The molecular formula is C15H20N2O2. The molecule has 1 aromatic rings. The van der Waals surface area contributed by atoms with Crippen molar-refractivity contribution in [3.63, 3.8) is 0 Å². The van der Waals surface area contributed by atoms with Gasteiger partial charge in [0.05, 0.1) is 6.42 Å². The largest absolute Gasteiger partial charge is 0.481 e. The van der Waals surface area contributed by atoms with Crippen LogP contribution in [0.5, 0.6) is 0 Å². The first-order valence-electron chi connectivity index (χ1n) is 6.37. The van der Waals surface area contributed by atoms with E-state index in [0.717, 1.165) is 11.4 Å². The highest BCUT2D eigenvalue weighted by molar-refractivity contribution is 5.71. The van der Waals surface area contributed by atoms with Gasteiger partial charge in [-0.2, -0.15) is 0 Å². The maximum absolute atomic E-state index is 10.7. The first kappa shape index (κ1) is 13.6. The third-order valence-corrected chi connectivity index (χ3v) is 3.72. The van der Waals surface area contributed by atoms with Crippen molar-refractivity contribution in [3.8, 4) is 0 Å². The number of para-hydroxylation sites is 1. The van der Waals surface area contributed by atoms with E-state index in [4.69, 9.17) is 10.8 Å². The molecule has 4 heteroatoms. The van der Waals surface area contributed by atoms with Crippen molar-refractivity contribution in [2.45, 2.75) is 31.7 Å². The standard InChI is InChI=1S/C15H20N2O2/c1-15(2)11-6-4-5-7-12(11)17(3)13(15)8-10(16)9-14(18)19/h4-8,10H,9,16H2,1-3H3,(H,18,19)/b13-8+. The van der Waals surface area contributed by atoms with E-state index < -0.39 is 12.0 Å². The van der Waals surface area contributed by atoms with E-state index in [-0.39, 0.29) is 11.8 Å². The molecule has 0 saturated heterocycles. The van der Waals surface area contributed by atoms with E-state index in [9.17, 15) is 4.79 Å². The molecule has 0 saturated carbocycles. The smallest absolute Gasteiger partial charge is 0.305 e. The van der Waals surface area contributed by atoms with Crippen molar-refractivity contribution in [1.82, 2.24) is 0 Å². The number of hydrogen-bond donors (Lipinski definition) is 2. The third-order valence-electron chi connectivity index (χ3n) is 3.72. The molecule has 0 fully saturated rings. The predicted octanol–water partition coefficient (Wildman–Crippen LogP) is 2.10. The van der Waals surface area contributed by atoms with E-state index >= 15 is 0 Å². The Kier molecular flexibility index (Phi) is 3.37. The summed E-state index contributed by atoms with van der Waals surface area (Å²) >= 11 is 0. The number of benzene rings is 1. The summed E-state index contributed by atoms with van der Waals surface area (Å²) in [6.07, 6.45) is 1.82. The number of allylic oxidation sites excluding steroid dienone is 1. The van der Waals surface area contributed by atoms with Gasteiger partial charge in [0.1, 0.15) is 0 Å². The normalized spacial score (nSPS) is 20.4. The fourth-order valence-electron chi connectivity index (χ4n) is 2.77. The Morgan fingerprint density at radius 2 is 2.11 bits per heavy atom. The number of aliphatic carboxylic acids is 1. The van der Waals surface area contributed by atoms with Crippen LogP contribution in [-0.2, 0) is 10.2 Å². The molecule has 0 bridgehead atoms. The van der Waals surface area contributed by atoms with Gasteiger partial charge < -0.3 is 15.7 Å². The van der Waals surface area contributed by atoms with E-state index in [1.54, 1.807) is 0 Å². The van der Waals surface area contributed by atoms with E-state index in [2.05, 4.69) is 30.9 Å². The Bertz CT molecular complexity index is 535. The van der Waals surface area contributed by atoms with Crippen LogP contribution in [0.1, 0.15) is 25.8 Å². The van der Waals surface area contributed by atoms with Gasteiger partial charge in [-0.3, -0.25) is 4.79 Å². The highest BCUT2D eigenvalue weighted by Crippen LogP contribution is 2.46. The molecule has 3 N–H and O–H groups in total. The Morgan fingerprint density at radius 3 is 2.68 bits per heavy atom. The number of nitrogens with two attached hydrogens (primary N) is 1. The fourth-order valence-corrected chi connectivity index (χ4v) is 2.77. The minimum absolute atomic E-state index is 0.0518. The maximum atomic E-state index is 10.7. The second kappa shape index (κ2) is 4.70. The van der Waals surface area contributed by atoms with Gasteiger partial charge in [-0.15, -0.1) is 0 Å². The van der Waals surface area contributed by atoms with E-state index in [1.807, 2.05) is 25.3 Å². The van der Waals surface area contributed by atoms with Gasteiger partial charge >= 0.3 is 5.97 Å². The molecule has 2 rings (SSSR count). The number of carboxylic acids is 1. The van der Waals surface area contributed by atoms with Gasteiger partial charge in [-0.05, 0) is 17.7 Å². The average molecular weight is 260 g/mol. The van der Waals surface area contributed by atoms with E-state index in [1.165, 1.54) is 5.56 Å².